The first kappa shape index (κ1) is 29.8. The lowest BCUT2D eigenvalue weighted by atomic mass is 10.0. The number of hydrogen-bond donors (Lipinski definition) is 3. The molecule has 0 aliphatic heterocycles. The van der Waals surface area contributed by atoms with Crippen LogP contribution in [0.2, 0.25) is 0 Å². The summed E-state index contributed by atoms with van der Waals surface area (Å²) in [5, 5.41) is 8.53. The van der Waals surface area contributed by atoms with Crippen LogP contribution in [0.1, 0.15) is 41.3 Å². The fourth-order valence-corrected chi connectivity index (χ4v) is 4.85. The summed E-state index contributed by atoms with van der Waals surface area (Å²) in [6, 6.07) is 31.2. The molecule has 0 spiro atoms. The van der Waals surface area contributed by atoms with E-state index in [2.05, 4.69) is 45.7 Å². The SMILES string of the molecule is CC(C)c1ccc(NC(=O)CSc2cccc(NC(=O)/C(=C/c3ccc(Br)cc3)NC(=O)c3ccccc3)c2)cc1. The largest absolute Gasteiger partial charge is 0.325 e. The molecule has 4 rings (SSSR count). The molecule has 3 N–H and O–H groups in total. The lowest BCUT2D eigenvalue weighted by Crippen LogP contribution is -2.30. The van der Waals surface area contributed by atoms with Gasteiger partial charge in [0.15, 0.2) is 0 Å². The van der Waals surface area contributed by atoms with Crippen molar-refractivity contribution in [3.63, 3.8) is 0 Å². The number of benzene rings is 4. The fraction of sp³-hybridized carbons (Fsp3) is 0.121. The van der Waals surface area contributed by atoms with Crippen molar-refractivity contribution in [2.45, 2.75) is 24.7 Å². The molecule has 0 saturated heterocycles. The van der Waals surface area contributed by atoms with Crippen molar-refractivity contribution in [2.24, 2.45) is 0 Å². The molecule has 0 fully saturated rings. The van der Waals surface area contributed by atoms with E-state index in [1.165, 1.54) is 17.3 Å². The number of carbonyl (C=O) groups excluding carboxylic acids is 3. The molecule has 0 unspecified atom stereocenters. The van der Waals surface area contributed by atoms with Crippen molar-refractivity contribution in [2.75, 3.05) is 16.4 Å². The van der Waals surface area contributed by atoms with Crippen LogP contribution in [0.3, 0.4) is 0 Å². The average Bonchev–Trinajstić information content (AvgIpc) is 2.97. The summed E-state index contributed by atoms with van der Waals surface area (Å²) in [6.45, 7) is 4.25. The Morgan fingerprint density at radius 2 is 1.51 bits per heavy atom. The van der Waals surface area contributed by atoms with Crippen LogP contribution in [0.25, 0.3) is 6.08 Å². The summed E-state index contributed by atoms with van der Waals surface area (Å²) in [5.41, 5.74) is 3.80. The van der Waals surface area contributed by atoms with E-state index in [-0.39, 0.29) is 17.4 Å². The predicted molar refractivity (Wildman–Crippen MR) is 171 cm³/mol. The highest BCUT2D eigenvalue weighted by atomic mass is 79.9. The normalized spacial score (nSPS) is 11.2. The number of halogens is 1. The maximum Gasteiger partial charge on any atom is 0.272 e. The van der Waals surface area contributed by atoms with Crippen molar-refractivity contribution in [1.29, 1.82) is 0 Å². The number of hydrogen-bond acceptors (Lipinski definition) is 4. The Morgan fingerprint density at radius 3 is 2.20 bits per heavy atom. The summed E-state index contributed by atoms with van der Waals surface area (Å²) >= 11 is 4.78. The van der Waals surface area contributed by atoms with Crippen LogP contribution < -0.4 is 16.0 Å². The lowest BCUT2D eigenvalue weighted by molar-refractivity contribution is -0.114. The van der Waals surface area contributed by atoms with Gasteiger partial charge in [0.05, 0.1) is 5.75 Å². The molecule has 4 aromatic carbocycles. The van der Waals surface area contributed by atoms with E-state index in [1.807, 2.05) is 60.7 Å². The predicted octanol–water partition coefficient (Wildman–Crippen LogP) is 7.71. The molecule has 0 bridgehead atoms. The zero-order valence-electron chi connectivity index (χ0n) is 22.7. The van der Waals surface area contributed by atoms with Gasteiger partial charge >= 0.3 is 0 Å². The lowest BCUT2D eigenvalue weighted by Gasteiger charge is -2.12. The van der Waals surface area contributed by atoms with Gasteiger partial charge in [-0.1, -0.05) is 78.3 Å². The van der Waals surface area contributed by atoms with Crippen LogP contribution in [0.5, 0.6) is 0 Å². The van der Waals surface area contributed by atoms with Crippen LogP contribution in [-0.4, -0.2) is 23.5 Å². The fourth-order valence-electron chi connectivity index (χ4n) is 3.83. The number of rotatable bonds is 10. The maximum atomic E-state index is 13.3. The minimum atomic E-state index is -0.470. The highest BCUT2D eigenvalue weighted by Crippen LogP contribution is 2.23. The van der Waals surface area contributed by atoms with Crippen LogP contribution in [0.15, 0.2) is 118 Å². The topological polar surface area (TPSA) is 87.3 Å². The zero-order chi connectivity index (χ0) is 29.2. The van der Waals surface area contributed by atoms with E-state index in [9.17, 15) is 14.4 Å². The first-order chi connectivity index (χ1) is 19.8. The number of carbonyl (C=O) groups is 3. The van der Waals surface area contributed by atoms with E-state index in [4.69, 9.17) is 0 Å². The van der Waals surface area contributed by atoms with Gasteiger partial charge in [-0.25, -0.2) is 0 Å². The van der Waals surface area contributed by atoms with Gasteiger partial charge in [0, 0.05) is 26.3 Å². The smallest absolute Gasteiger partial charge is 0.272 e. The molecule has 0 saturated carbocycles. The third-order valence-electron chi connectivity index (χ3n) is 6.03. The average molecular weight is 629 g/mol. The molecule has 41 heavy (non-hydrogen) atoms. The van der Waals surface area contributed by atoms with Crippen LogP contribution in [0.4, 0.5) is 11.4 Å². The summed E-state index contributed by atoms with van der Waals surface area (Å²) in [6.07, 6.45) is 1.62. The van der Waals surface area contributed by atoms with Gasteiger partial charge < -0.3 is 16.0 Å². The Morgan fingerprint density at radius 1 is 0.805 bits per heavy atom. The van der Waals surface area contributed by atoms with Gasteiger partial charge in [0.2, 0.25) is 5.91 Å². The van der Waals surface area contributed by atoms with Crippen molar-refractivity contribution in [1.82, 2.24) is 5.32 Å². The highest BCUT2D eigenvalue weighted by molar-refractivity contribution is 9.10. The van der Waals surface area contributed by atoms with Crippen LogP contribution in [-0.2, 0) is 9.59 Å². The van der Waals surface area contributed by atoms with Crippen molar-refractivity contribution in [3.8, 4) is 0 Å². The summed E-state index contributed by atoms with van der Waals surface area (Å²) in [5.74, 6) is -0.341. The van der Waals surface area contributed by atoms with Gasteiger partial charge in [-0.05, 0) is 77.7 Å². The second-order valence-electron chi connectivity index (χ2n) is 9.53. The number of nitrogens with one attached hydrogen (secondary N) is 3. The molecule has 0 aliphatic rings. The Labute approximate surface area is 252 Å². The first-order valence-electron chi connectivity index (χ1n) is 13.0. The molecule has 3 amide bonds. The summed E-state index contributed by atoms with van der Waals surface area (Å²) in [7, 11) is 0. The number of amides is 3. The first-order valence-corrected chi connectivity index (χ1v) is 14.8. The molecule has 8 heteroatoms. The molecule has 0 radical (unpaired) electrons. The molecule has 0 aromatic heterocycles. The van der Waals surface area contributed by atoms with E-state index >= 15 is 0 Å². The molecular formula is C33H30BrN3O3S. The molecule has 0 aliphatic carbocycles. The molecular weight excluding hydrogens is 598 g/mol. The zero-order valence-corrected chi connectivity index (χ0v) is 25.1. The molecule has 0 heterocycles. The van der Waals surface area contributed by atoms with Gasteiger partial charge in [0.1, 0.15) is 5.70 Å². The quantitative estimate of drug-likeness (QED) is 0.124. The van der Waals surface area contributed by atoms with Gasteiger partial charge in [0.25, 0.3) is 11.8 Å². The van der Waals surface area contributed by atoms with Crippen LogP contribution in [0, 0.1) is 0 Å². The van der Waals surface area contributed by atoms with Crippen molar-refractivity contribution >= 4 is 62.9 Å². The minimum Gasteiger partial charge on any atom is -0.325 e. The van der Waals surface area contributed by atoms with Gasteiger partial charge in [-0.3, -0.25) is 14.4 Å². The third kappa shape index (κ3) is 9.20. The monoisotopic (exact) mass is 627 g/mol. The Bertz CT molecular complexity index is 1540. The second-order valence-corrected chi connectivity index (χ2v) is 11.5. The van der Waals surface area contributed by atoms with E-state index in [1.54, 1.807) is 48.5 Å². The summed E-state index contributed by atoms with van der Waals surface area (Å²) in [4.78, 5) is 39.5. The maximum absolute atomic E-state index is 13.3. The van der Waals surface area contributed by atoms with E-state index in [0.717, 1.165) is 20.6 Å². The number of anilines is 2. The van der Waals surface area contributed by atoms with Crippen molar-refractivity contribution < 1.29 is 14.4 Å². The second kappa shape index (κ2) is 14.5. The molecule has 0 atom stereocenters. The van der Waals surface area contributed by atoms with E-state index < -0.39 is 11.8 Å². The Kier molecular flexibility index (Phi) is 10.5. The van der Waals surface area contributed by atoms with E-state index in [0.29, 0.717) is 17.2 Å². The Balaban J connectivity index is 1.42. The standard InChI is InChI=1S/C33H30BrN3O3S/c1-22(2)24-13-17-27(18-14-24)35-31(38)21-41-29-10-6-9-28(20-29)36-33(40)30(19-23-11-15-26(34)16-12-23)37-32(39)25-7-4-3-5-8-25/h3-20,22H,21H2,1-2H3,(H,35,38)(H,36,40)(H,37,39)/b30-19-. The Hall–Kier alpha value is -4.14. The molecule has 4 aromatic rings. The molecule has 208 valence electrons. The van der Waals surface area contributed by atoms with Gasteiger partial charge in [-0.15, -0.1) is 11.8 Å². The van der Waals surface area contributed by atoms with Crippen molar-refractivity contribution in [3.05, 3.63) is 130 Å². The third-order valence-corrected chi connectivity index (χ3v) is 7.56. The highest BCUT2D eigenvalue weighted by Gasteiger charge is 2.15. The van der Waals surface area contributed by atoms with Gasteiger partial charge in [-0.2, -0.15) is 0 Å². The summed E-state index contributed by atoms with van der Waals surface area (Å²) < 4.78 is 0.904. The number of thioether (sulfide) groups is 1. The molecule has 6 nitrogen and oxygen atoms in total. The minimum absolute atomic E-state index is 0.0992. The van der Waals surface area contributed by atoms with Crippen LogP contribution >= 0.6 is 27.7 Å².